The number of carboxylic acids is 1. The summed E-state index contributed by atoms with van der Waals surface area (Å²) in [5.74, 6) is -0.841. The van der Waals surface area contributed by atoms with Gasteiger partial charge in [0.2, 0.25) is 5.91 Å². The largest absolute Gasteiger partial charge is 0.481 e. The minimum absolute atomic E-state index is 0.0405. The van der Waals surface area contributed by atoms with Crippen molar-refractivity contribution in [1.29, 1.82) is 0 Å². The minimum Gasteiger partial charge on any atom is -0.481 e. The SMILES string of the molecule is CN(CCCC(=O)O)CC(=O)NCc1cccs1. The first-order valence-electron chi connectivity index (χ1n) is 5.77. The maximum Gasteiger partial charge on any atom is 0.303 e. The van der Waals surface area contributed by atoms with Gasteiger partial charge in [0.05, 0.1) is 13.1 Å². The van der Waals surface area contributed by atoms with Crippen LogP contribution in [-0.4, -0.2) is 42.0 Å². The van der Waals surface area contributed by atoms with Crippen molar-refractivity contribution in [1.82, 2.24) is 10.2 Å². The van der Waals surface area contributed by atoms with Gasteiger partial charge in [-0.25, -0.2) is 0 Å². The van der Waals surface area contributed by atoms with Gasteiger partial charge in [0.1, 0.15) is 0 Å². The third-order valence-electron chi connectivity index (χ3n) is 2.38. The van der Waals surface area contributed by atoms with Crippen LogP contribution in [0.25, 0.3) is 0 Å². The van der Waals surface area contributed by atoms with Crippen LogP contribution in [0.2, 0.25) is 0 Å². The van der Waals surface area contributed by atoms with E-state index in [1.165, 1.54) is 0 Å². The number of hydrogen-bond acceptors (Lipinski definition) is 4. The fourth-order valence-electron chi connectivity index (χ4n) is 1.48. The van der Waals surface area contributed by atoms with Crippen LogP contribution in [0.15, 0.2) is 17.5 Å². The molecule has 0 spiro atoms. The van der Waals surface area contributed by atoms with Gasteiger partial charge in [0, 0.05) is 11.3 Å². The molecule has 0 fully saturated rings. The predicted molar refractivity (Wildman–Crippen MR) is 70.5 cm³/mol. The lowest BCUT2D eigenvalue weighted by molar-refractivity contribution is -0.137. The molecule has 5 nitrogen and oxygen atoms in total. The molecule has 0 bridgehead atoms. The Hall–Kier alpha value is -1.40. The fraction of sp³-hybridized carbons (Fsp3) is 0.500. The zero-order valence-corrected chi connectivity index (χ0v) is 11.2. The Morgan fingerprint density at radius 1 is 1.50 bits per heavy atom. The molecule has 0 atom stereocenters. The van der Waals surface area contributed by atoms with E-state index in [1.54, 1.807) is 11.3 Å². The number of nitrogens with zero attached hydrogens (tertiary/aromatic N) is 1. The number of carboxylic acid groups (broad SMARTS) is 1. The van der Waals surface area contributed by atoms with E-state index in [9.17, 15) is 9.59 Å². The molecule has 0 radical (unpaired) electrons. The Labute approximate surface area is 110 Å². The Kier molecular flexibility index (Phi) is 6.38. The second-order valence-corrected chi connectivity index (χ2v) is 5.12. The topological polar surface area (TPSA) is 69.6 Å². The van der Waals surface area contributed by atoms with E-state index in [4.69, 9.17) is 5.11 Å². The highest BCUT2D eigenvalue weighted by Crippen LogP contribution is 2.07. The van der Waals surface area contributed by atoms with Gasteiger partial charge in [-0.05, 0) is 31.5 Å². The average molecular weight is 270 g/mol. The normalized spacial score (nSPS) is 10.6. The zero-order valence-electron chi connectivity index (χ0n) is 10.4. The molecule has 0 saturated carbocycles. The summed E-state index contributed by atoms with van der Waals surface area (Å²) in [6, 6.07) is 3.92. The van der Waals surface area contributed by atoms with Crippen molar-refractivity contribution in [2.45, 2.75) is 19.4 Å². The summed E-state index contributed by atoms with van der Waals surface area (Å²) in [5, 5.41) is 13.3. The first-order chi connectivity index (χ1) is 8.58. The van der Waals surface area contributed by atoms with E-state index in [0.717, 1.165) is 4.88 Å². The van der Waals surface area contributed by atoms with Crippen LogP contribution in [-0.2, 0) is 16.1 Å². The maximum absolute atomic E-state index is 11.6. The number of hydrogen-bond donors (Lipinski definition) is 2. The van der Waals surface area contributed by atoms with Crippen LogP contribution in [0.3, 0.4) is 0 Å². The molecular formula is C12H18N2O3S. The predicted octanol–water partition coefficient (Wildman–Crippen LogP) is 1.16. The molecule has 1 heterocycles. The average Bonchev–Trinajstić information content (AvgIpc) is 2.78. The first-order valence-corrected chi connectivity index (χ1v) is 6.65. The Balaban J connectivity index is 2.13. The van der Waals surface area contributed by atoms with Crippen molar-refractivity contribution in [2.75, 3.05) is 20.1 Å². The van der Waals surface area contributed by atoms with Crippen LogP contribution in [0.4, 0.5) is 0 Å². The summed E-state index contributed by atoms with van der Waals surface area (Å²) < 4.78 is 0. The van der Waals surface area contributed by atoms with Crippen molar-refractivity contribution in [3.63, 3.8) is 0 Å². The monoisotopic (exact) mass is 270 g/mol. The molecular weight excluding hydrogens is 252 g/mol. The van der Waals surface area contributed by atoms with Gasteiger partial charge in [-0.2, -0.15) is 0 Å². The summed E-state index contributed by atoms with van der Waals surface area (Å²) in [6.07, 6.45) is 0.700. The van der Waals surface area contributed by atoms with Gasteiger partial charge < -0.3 is 10.4 Å². The van der Waals surface area contributed by atoms with E-state index in [0.29, 0.717) is 26.1 Å². The number of aliphatic carboxylic acids is 1. The second-order valence-electron chi connectivity index (χ2n) is 4.09. The molecule has 1 aromatic rings. The lowest BCUT2D eigenvalue weighted by atomic mass is 10.3. The molecule has 18 heavy (non-hydrogen) atoms. The smallest absolute Gasteiger partial charge is 0.303 e. The zero-order chi connectivity index (χ0) is 13.4. The van der Waals surface area contributed by atoms with Gasteiger partial charge in [-0.3, -0.25) is 14.5 Å². The van der Waals surface area contributed by atoms with Crippen molar-refractivity contribution in [3.8, 4) is 0 Å². The van der Waals surface area contributed by atoms with Crippen LogP contribution in [0.5, 0.6) is 0 Å². The highest BCUT2D eigenvalue weighted by Gasteiger charge is 2.07. The summed E-state index contributed by atoms with van der Waals surface area (Å²) in [5.41, 5.74) is 0. The lowest BCUT2D eigenvalue weighted by Crippen LogP contribution is -2.35. The standard InChI is InChI=1S/C12H18N2O3S/c1-14(6-2-5-12(16)17)9-11(15)13-8-10-4-3-7-18-10/h3-4,7H,2,5-6,8-9H2,1H3,(H,13,15)(H,16,17). The van der Waals surface area contributed by atoms with Gasteiger partial charge >= 0.3 is 5.97 Å². The van der Waals surface area contributed by atoms with E-state index in [2.05, 4.69) is 5.32 Å². The Morgan fingerprint density at radius 2 is 2.28 bits per heavy atom. The van der Waals surface area contributed by atoms with Crippen molar-refractivity contribution in [2.24, 2.45) is 0 Å². The van der Waals surface area contributed by atoms with Gasteiger partial charge in [0.15, 0.2) is 0 Å². The lowest BCUT2D eigenvalue weighted by Gasteiger charge is -2.15. The van der Waals surface area contributed by atoms with E-state index >= 15 is 0 Å². The molecule has 0 aliphatic heterocycles. The molecule has 1 aromatic heterocycles. The van der Waals surface area contributed by atoms with Gasteiger partial charge in [0.25, 0.3) is 0 Å². The number of nitrogens with one attached hydrogen (secondary N) is 1. The third kappa shape index (κ3) is 6.36. The second kappa shape index (κ2) is 7.84. The van der Waals surface area contributed by atoms with Crippen LogP contribution < -0.4 is 5.32 Å². The molecule has 1 rings (SSSR count). The van der Waals surface area contributed by atoms with Crippen molar-refractivity contribution in [3.05, 3.63) is 22.4 Å². The maximum atomic E-state index is 11.6. The molecule has 6 heteroatoms. The molecule has 2 N–H and O–H groups in total. The van der Waals surface area contributed by atoms with E-state index in [-0.39, 0.29) is 12.3 Å². The first kappa shape index (κ1) is 14.7. The van der Waals surface area contributed by atoms with Gasteiger partial charge in [-0.1, -0.05) is 6.07 Å². The number of likely N-dealkylation sites (N-methyl/N-ethyl adjacent to an activating group) is 1. The Morgan fingerprint density at radius 3 is 2.89 bits per heavy atom. The van der Waals surface area contributed by atoms with E-state index < -0.39 is 5.97 Å². The highest BCUT2D eigenvalue weighted by atomic mass is 32.1. The molecule has 0 saturated heterocycles. The van der Waals surface area contributed by atoms with Crippen LogP contribution in [0.1, 0.15) is 17.7 Å². The number of thiophene rings is 1. The quantitative estimate of drug-likeness (QED) is 0.744. The number of amides is 1. The summed E-state index contributed by atoms with van der Waals surface area (Å²) in [4.78, 5) is 24.9. The molecule has 1 amide bonds. The van der Waals surface area contributed by atoms with Crippen molar-refractivity contribution >= 4 is 23.2 Å². The Bertz CT molecular complexity index is 379. The number of carbonyl (C=O) groups excluding carboxylic acids is 1. The number of rotatable bonds is 8. The third-order valence-corrected chi connectivity index (χ3v) is 3.26. The van der Waals surface area contributed by atoms with Crippen LogP contribution >= 0.6 is 11.3 Å². The summed E-state index contributed by atoms with van der Waals surface area (Å²) in [7, 11) is 1.81. The molecule has 0 aromatic carbocycles. The minimum atomic E-state index is -0.800. The molecule has 0 aliphatic carbocycles. The molecule has 0 unspecified atom stereocenters. The summed E-state index contributed by atoms with van der Waals surface area (Å²) in [6.45, 7) is 1.46. The number of carbonyl (C=O) groups is 2. The van der Waals surface area contributed by atoms with Crippen LogP contribution in [0, 0.1) is 0 Å². The fourth-order valence-corrected chi connectivity index (χ4v) is 2.12. The summed E-state index contributed by atoms with van der Waals surface area (Å²) >= 11 is 1.61. The molecule has 0 aliphatic rings. The molecule has 100 valence electrons. The highest BCUT2D eigenvalue weighted by molar-refractivity contribution is 7.09. The van der Waals surface area contributed by atoms with E-state index in [1.807, 2.05) is 29.5 Å². The van der Waals surface area contributed by atoms with Gasteiger partial charge in [-0.15, -0.1) is 11.3 Å². The van der Waals surface area contributed by atoms with Crippen molar-refractivity contribution < 1.29 is 14.7 Å².